The Hall–Kier alpha value is -3.15. The molecule has 6 heteroatoms. The number of nitrogens with zero attached hydrogens (tertiary/aromatic N) is 2. The Morgan fingerprint density at radius 1 is 1.08 bits per heavy atom. The van der Waals surface area contributed by atoms with Gasteiger partial charge in [-0.25, -0.2) is 0 Å². The highest BCUT2D eigenvalue weighted by Gasteiger charge is 2.16. The number of esters is 1. The number of hydrogen-bond acceptors (Lipinski definition) is 5. The summed E-state index contributed by atoms with van der Waals surface area (Å²) in [7, 11) is 1.67. The number of rotatable bonds is 6. The highest BCUT2D eigenvalue weighted by atomic mass is 16.5. The highest BCUT2D eigenvalue weighted by Crippen LogP contribution is 2.18. The summed E-state index contributed by atoms with van der Waals surface area (Å²) in [6.07, 6.45) is -0.0350. The molecule has 6 nitrogen and oxygen atoms in total. The molecule has 1 aromatic heterocycles. The molecule has 25 heavy (non-hydrogen) atoms. The van der Waals surface area contributed by atoms with Gasteiger partial charge in [-0.1, -0.05) is 47.6 Å². The lowest BCUT2D eigenvalue weighted by molar-refractivity contribution is -0.151. The number of para-hydroxylation sites is 1. The number of ether oxygens (including phenoxy) is 1. The van der Waals surface area contributed by atoms with Gasteiger partial charge < -0.3 is 14.2 Å². The lowest BCUT2D eigenvalue weighted by Crippen LogP contribution is -2.31. The van der Waals surface area contributed by atoms with Gasteiger partial charge in [0.1, 0.15) is 5.69 Å². The topological polar surface area (TPSA) is 72.6 Å². The first-order valence-corrected chi connectivity index (χ1v) is 7.90. The second-order valence-corrected chi connectivity index (χ2v) is 5.70. The lowest BCUT2D eigenvalue weighted by Gasteiger charge is -2.17. The van der Waals surface area contributed by atoms with Crippen LogP contribution < -0.4 is 0 Å². The summed E-state index contributed by atoms with van der Waals surface area (Å²) >= 11 is 0. The van der Waals surface area contributed by atoms with E-state index in [1.54, 1.807) is 13.1 Å². The van der Waals surface area contributed by atoms with Crippen molar-refractivity contribution in [1.82, 2.24) is 10.1 Å². The van der Waals surface area contributed by atoms with E-state index in [-0.39, 0.29) is 18.9 Å². The fourth-order valence-electron chi connectivity index (χ4n) is 2.45. The molecule has 0 fully saturated rings. The van der Waals surface area contributed by atoms with E-state index in [0.29, 0.717) is 17.8 Å². The molecule has 128 valence electrons. The van der Waals surface area contributed by atoms with Crippen LogP contribution >= 0.6 is 0 Å². The summed E-state index contributed by atoms with van der Waals surface area (Å²) in [5, 5.41) is 4.65. The number of amides is 1. The Bertz CT molecular complexity index is 873. The molecule has 0 aliphatic carbocycles. The number of benzene rings is 2. The molecule has 0 N–H and O–H groups in total. The van der Waals surface area contributed by atoms with Gasteiger partial charge >= 0.3 is 5.97 Å². The normalized spacial score (nSPS) is 10.6. The number of hydrogen-bond donors (Lipinski definition) is 0. The maximum atomic E-state index is 12.1. The molecule has 0 unspecified atom stereocenters. The standard InChI is InChI=1S/C19H18N2O4/c1-21(12-14-7-3-2-4-8-14)18(22)13-24-19(23)11-16-15-9-5-6-10-17(15)25-20-16/h2-10H,11-13H2,1H3. The van der Waals surface area contributed by atoms with Crippen molar-refractivity contribution in [2.24, 2.45) is 0 Å². The molecule has 0 aliphatic rings. The SMILES string of the molecule is CN(Cc1ccccc1)C(=O)COC(=O)Cc1noc2ccccc12. The molecule has 0 spiro atoms. The first-order valence-electron chi connectivity index (χ1n) is 7.90. The molecule has 1 heterocycles. The van der Waals surface area contributed by atoms with Gasteiger partial charge in [0, 0.05) is 19.0 Å². The number of fused-ring (bicyclic) bond motifs is 1. The highest BCUT2D eigenvalue weighted by molar-refractivity contribution is 5.85. The van der Waals surface area contributed by atoms with E-state index in [1.807, 2.05) is 48.5 Å². The van der Waals surface area contributed by atoms with Crippen LogP contribution in [0.15, 0.2) is 59.1 Å². The number of likely N-dealkylation sites (N-methyl/N-ethyl adjacent to an activating group) is 1. The maximum absolute atomic E-state index is 12.1. The van der Waals surface area contributed by atoms with Crippen LogP contribution in [0.3, 0.4) is 0 Å². The second kappa shape index (κ2) is 7.61. The molecule has 2 aromatic carbocycles. The van der Waals surface area contributed by atoms with Crippen molar-refractivity contribution in [1.29, 1.82) is 0 Å². The van der Waals surface area contributed by atoms with Crippen molar-refractivity contribution < 1.29 is 18.8 Å². The quantitative estimate of drug-likeness (QED) is 0.646. The van der Waals surface area contributed by atoms with Crippen molar-refractivity contribution in [2.45, 2.75) is 13.0 Å². The van der Waals surface area contributed by atoms with Crippen LogP contribution in [0.2, 0.25) is 0 Å². The molecule has 3 aromatic rings. The summed E-state index contributed by atoms with van der Waals surface area (Å²) in [6, 6.07) is 16.9. The number of aromatic nitrogens is 1. The van der Waals surface area contributed by atoms with E-state index >= 15 is 0 Å². The molecule has 0 bridgehead atoms. The first kappa shape index (κ1) is 16.7. The third-order valence-electron chi connectivity index (χ3n) is 3.81. The molecular formula is C19H18N2O4. The van der Waals surface area contributed by atoms with Crippen LogP contribution in [0.5, 0.6) is 0 Å². The Kier molecular flexibility index (Phi) is 5.09. The van der Waals surface area contributed by atoms with Gasteiger partial charge in [-0.2, -0.15) is 0 Å². The Balaban J connectivity index is 1.51. The Morgan fingerprint density at radius 3 is 2.60 bits per heavy atom. The van der Waals surface area contributed by atoms with Crippen LogP contribution in [0.25, 0.3) is 11.0 Å². The fraction of sp³-hybridized carbons (Fsp3) is 0.211. The zero-order chi connectivity index (χ0) is 17.6. The smallest absolute Gasteiger partial charge is 0.312 e. The minimum absolute atomic E-state index is 0.0350. The molecule has 0 aliphatic heterocycles. The van der Waals surface area contributed by atoms with Crippen molar-refractivity contribution in [3.05, 3.63) is 65.9 Å². The average Bonchev–Trinajstić information content (AvgIpc) is 3.03. The van der Waals surface area contributed by atoms with Gasteiger partial charge in [-0.15, -0.1) is 0 Å². The van der Waals surface area contributed by atoms with Gasteiger partial charge in [0.25, 0.3) is 5.91 Å². The van der Waals surface area contributed by atoms with Gasteiger partial charge in [0.2, 0.25) is 0 Å². The van der Waals surface area contributed by atoms with Crippen LogP contribution in [0.1, 0.15) is 11.3 Å². The summed E-state index contributed by atoms with van der Waals surface area (Å²) < 4.78 is 10.2. The van der Waals surface area contributed by atoms with Gasteiger partial charge in [-0.05, 0) is 17.7 Å². The summed E-state index contributed by atoms with van der Waals surface area (Å²) in [6.45, 7) is 0.170. The number of carbonyl (C=O) groups excluding carboxylic acids is 2. The van der Waals surface area contributed by atoms with Crippen molar-refractivity contribution >= 4 is 22.8 Å². The zero-order valence-electron chi connectivity index (χ0n) is 13.8. The minimum atomic E-state index is -0.513. The van der Waals surface area contributed by atoms with E-state index in [0.717, 1.165) is 10.9 Å². The Labute approximate surface area is 145 Å². The molecule has 0 atom stereocenters. The monoisotopic (exact) mass is 338 g/mol. The maximum Gasteiger partial charge on any atom is 0.312 e. The molecular weight excluding hydrogens is 320 g/mol. The van der Waals surface area contributed by atoms with Crippen molar-refractivity contribution in [3.8, 4) is 0 Å². The molecule has 1 amide bonds. The fourth-order valence-corrected chi connectivity index (χ4v) is 2.45. The second-order valence-electron chi connectivity index (χ2n) is 5.70. The largest absolute Gasteiger partial charge is 0.455 e. The van der Waals surface area contributed by atoms with E-state index in [2.05, 4.69) is 5.16 Å². The van der Waals surface area contributed by atoms with Crippen LogP contribution in [-0.4, -0.2) is 35.6 Å². The average molecular weight is 338 g/mol. The predicted molar refractivity (Wildman–Crippen MR) is 91.6 cm³/mol. The van der Waals surface area contributed by atoms with Crippen LogP contribution in [0.4, 0.5) is 0 Å². The van der Waals surface area contributed by atoms with Gasteiger partial charge in [-0.3, -0.25) is 9.59 Å². The van der Waals surface area contributed by atoms with Crippen LogP contribution in [0, 0.1) is 0 Å². The van der Waals surface area contributed by atoms with E-state index < -0.39 is 5.97 Å². The minimum Gasteiger partial charge on any atom is -0.455 e. The van der Waals surface area contributed by atoms with Crippen molar-refractivity contribution in [3.63, 3.8) is 0 Å². The van der Waals surface area contributed by atoms with Gasteiger partial charge in [0.15, 0.2) is 12.2 Å². The van der Waals surface area contributed by atoms with E-state index in [1.165, 1.54) is 4.90 Å². The summed E-state index contributed by atoms with van der Waals surface area (Å²) in [5.41, 5.74) is 2.13. The van der Waals surface area contributed by atoms with Crippen molar-refractivity contribution in [2.75, 3.05) is 13.7 Å². The zero-order valence-corrected chi connectivity index (χ0v) is 13.8. The summed E-state index contributed by atoms with van der Waals surface area (Å²) in [4.78, 5) is 25.6. The van der Waals surface area contributed by atoms with Gasteiger partial charge in [0.05, 0.1) is 6.42 Å². The Morgan fingerprint density at radius 2 is 1.80 bits per heavy atom. The molecule has 0 saturated heterocycles. The number of carbonyl (C=O) groups is 2. The first-order chi connectivity index (χ1) is 12.1. The third kappa shape index (κ3) is 4.23. The van der Waals surface area contributed by atoms with E-state index in [4.69, 9.17) is 9.26 Å². The molecule has 0 saturated carbocycles. The summed E-state index contributed by atoms with van der Waals surface area (Å²) in [5.74, 6) is -0.775. The molecule has 0 radical (unpaired) electrons. The van der Waals surface area contributed by atoms with E-state index in [9.17, 15) is 9.59 Å². The molecule has 3 rings (SSSR count). The predicted octanol–water partition coefficient (Wildman–Crippen LogP) is 2.57. The lowest BCUT2D eigenvalue weighted by atomic mass is 10.2. The van der Waals surface area contributed by atoms with Crippen LogP contribution in [-0.2, 0) is 27.3 Å². The third-order valence-corrected chi connectivity index (χ3v) is 3.81.